The highest BCUT2D eigenvalue weighted by Gasteiger charge is 2.12. The molecule has 22 heavy (non-hydrogen) atoms. The van der Waals surface area contributed by atoms with Crippen LogP contribution in [-0.4, -0.2) is 24.8 Å². The molecule has 0 saturated heterocycles. The molecule has 0 unspecified atom stereocenters. The molecular weight excluding hydrogens is 276 g/mol. The smallest absolute Gasteiger partial charge is 0.200 e. The Hall–Kier alpha value is -2.33. The van der Waals surface area contributed by atoms with E-state index in [1.54, 1.807) is 0 Å². The largest absolute Gasteiger partial charge is 0.493 e. The number of pyridine rings is 1. The molecule has 0 aliphatic carbocycles. The van der Waals surface area contributed by atoms with E-state index in [4.69, 9.17) is 4.74 Å². The first-order valence-electron chi connectivity index (χ1n) is 7.52. The molecule has 1 aromatic heterocycles. The van der Waals surface area contributed by atoms with Gasteiger partial charge in [-0.25, -0.2) is 0 Å². The van der Waals surface area contributed by atoms with E-state index >= 15 is 0 Å². The minimum atomic E-state index is 0.0351. The number of nitrogens with one attached hydrogen (secondary N) is 1. The van der Waals surface area contributed by atoms with Crippen LogP contribution < -0.4 is 15.5 Å². The average molecular weight is 296 g/mol. The topological polar surface area (TPSA) is 43.3 Å². The van der Waals surface area contributed by atoms with E-state index in [0.717, 1.165) is 29.4 Å². The SMILES string of the molecule is CNCCCOc1cccc2c1c(=O)c1ccccc1n2C. The summed E-state index contributed by atoms with van der Waals surface area (Å²) in [5.41, 5.74) is 1.87. The van der Waals surface area contributed by atoms with Gasteiger partial charge in [0.05, 0.1) is 23.0 Å². The van der Waals surface area contributed by atoms with Gasteiger partial charge in [-0.05, 0) is 44.3 Å². The third kappa shape index (κ3) is 2.46. The van der Waals surface area contributed by atoms with Gasteiger partial charge in [-0.3, -0.25) is 4.79 Å². The van der Waals surface area contributed by atoms with Gasteiger partial charge in [0.2, 0.25) is 5.43 Å². The molecule has 0 aliphatic rings. The highest BCUT2D eigenvalue weighted by atomic mass is 16.5. The molecular formula is C18H20N2O2. The summed E-state index contributed by atoms with van der Waals surface area (Å²) in [4.78, 5) is 12.8. The molecule has 1 heterocycles. The van der Waals surface area contributed by atoms with Crippen LogP contribution in [0.3, 0.4) is 0 Å². The summed E-state index contributed by atoms with van der Waals surface area (Å²) in [6, 6.07) is 13.5. The van der Waals surface area contributed by atoms with Gasteiger partial charge in [0, 0.05) is 12.4 Å². The summed E-state index contributed by atoms with van der Waals surface area (Å²) in [6.45, 7) is 1.49. The van der Waals surface area contributed by atoms with Crippen LogP contribution in [0, 0.1) is 0 Å². The maximum Gasteiger partial charge on any atom is 0.200 e. The first kappa shape index (κ1) is 14.6. The van der Waals surface area contributed by atoms with E-state index in [1.165, 1.54) is 0 Å². The van der Waals surface area contributed by atoms with Crippen molar-refractivity contribution in [3.05, 3.63) is 52.7 Å². The quantitative estimate of drug-likeness (QED) is 0.581. The van der Waals surface area contributed by atoms with Gasteiger partial charge in [0.25, 0.3) is 0 Å². The fourth-order valence-corrected chi connectivity index (χ4v) is 2.80. The number of nitrogens with zero attached hydrogens (tertiary/aromatic N) is 1. The Morgan fingerprint density at radius 2 is 1.86 bits per heavy atom. The van der Waals surface area contributed by atoms with Crippen molar-refractivity contribution in [2.45, 2.75) is 6.42 Å². The lowest BCUT2D eigenvalue weighted by Crippen LogP contribution is -2.13. The molecule has 114 valence electrons. The summed E-state index contributed by atoms with van der Waals surface area (Å²) >= 11 is 0. The molecule has 4 nitrogen and oxygen atoms in total. The van der Waals surface area contributed by atoms with Crippen LogP contribution >= 0.6 is 0 Å². The van der Waals surface area contributed by atoms with Crippen molar-refractivity contribution in [3.63, 3.8) is 0 Å². The molecule has 3 rings (SSSR count). The molecule has 2 aromatic carbocycles. The van der Waals surface area contributed by atoms with Crippen LogP contribution in [0.15, 0.2) is 47.3 Å². The summed E-state index contributed by atoms with van der Waals surface area (Å²) in [7, 11) is 3.90. The van der Waals surface area contributed by atoms with Crippen molar-refractivity contribution in [1.29, 1.82) is 0 Å². The summed E-state index contributed by atoms with van der Waals surface area (Å²) in [5, 5.41) is 4.48. The van der Waals surface area contributed by atoms with Crippen molar-refractivity contribution >= 4 is 21.8 Å². The number of fused-ring (bicyclic) bond motifs is 2. The number of para-hydroxylation sites is 1. The predicted octanol–water partition coefficient (Wildman–Crippen LogP) is 2.68. The van der Waals surface area contributed by atoms with Gasteiger partial charge in [-0.2, -0.15) is 0 Å². The monoisotopic (exact) mass is 296 g/mol. The predicted molar refractivity (Wildman–Crippen MR) is 90.7 cm³/mol. The Morgan fingerprint density at radius 3 is 2.68 bits per heavy atom. The Bertz CT molecular complexity index is 868. The zero-order chi connectivity index (χ0) is 15.5. The maximum absolute atomic E-state index is 12.8. The summed E-state index contributed by atoms with van der Waals surface area (Å²) in [5.74, 6) is 0.667. The van der Waals surface area contributed by atoms with E-state index < -0.39 is 0 Å². The van der Waals surface area contributed by atoms with Crippen LogP contribution in [0.5, 0.6) is 5.75 Å². The van der Waals surface area contributed by atoms with Crippen molar-refractivity contribution in [2.75, 3.05) is 20.2 Å². The van der Waals surface area contributed by atoms with E-state index in [9.17, 15) is 4.79 Å². The van der Waals surface area contributed by atoms with E-state index in [-0.39, 0.29) is 5.43 Å². The fourth-order valence-electron chi connectivity index (χ4n) is 2.80. The van der Waals surface area contributed by atoms with Crippen molar-refractivity contribution in [3.8, 4) is 5.75 Å². The highest BCUT2D eigenvalue weighted by Crippen LogP contribution is 2.25. The normalized spacial score (nSPS) is 11.2. The standard InChI is InChI=1S/C18H20N2O2/c1-19-11-6-12-22-16-10-5-9-15-17(16)18(21)13-7-3-4-8-14(13)20(15)2/h3-5,7-10,19H,6,11-12H2,1-2H3. The zero-order valence-corrected chi connectivity index (χ0v) is 12.9. The van der Waals surface area contributed by atoms with Crippen LogP contribution in [0.2, 0.25) is 0 Å². The molecule has 3 aromatic rings. The minimum absolute atomic E-state index is 0.0351. The molecule has 0 aliphatic heterocycles. The van der Waals surface area contributed by atoms with E-state index in [0.29, 0.717) is 17.7 Å². The summed E-state index contributed by atoms with van der Waals surface area (Å²) < 4.78 is 7.90. The number of ether oxygens (including phenoxy) is 1. The van der Waals surface area contributed by atoms with Crippen LogP contribution in [0.1, 0.15) is 6.42 Å². The Morgan fingerprint density at radius 1 is 1.09 bits per heavy atom. The minimum Gasteiger partial charge on any atom is -0.493 e. The number of hydrogen-bond donors (Lipinski definition) is 1. The fraction of sp³-hybridized carbons (Fsp3) is 0.278. The number of rotatable bonds is 5. The van der Waals surface area contributed by atoms with Crippen molar-refractivity contribution in [1.82, 2.24) is 9.88 Å². The third-order valence-electron chi connectivity index (χ3n) is 3.93. The van der Waals surface area contributed by atoms with Gasteiger partial charge in [-0.1, -0.05) is 18.2 Å². The molecule has 0 atom stereocenters. The highest BCUT2D eigenvalue weighted by molar-refractivity contribution is 5.96. The average Bonchev–Trinajstić information content (AvgIpc) is 2.56. The second-order valence-corrected chi connectivity index (χ2v) is 5.36. The molecule has 0 spiro atoms. The first-order valence-corrected chi connectivity index (χ1v) is 7.52. The van der Waals surface area contributed by atoms with E-state index in [1.807, 2.05) is 61.1 Å². The number of benzene rings is 2. The first-order chi connectivity index (χ1) is 10.7. The van der Waals surface area contributed by atoms with Crippen molar-refractivity contribution < 1.29 is 4.74 Å². The number of aromatic nitrogens is 1. The lowest BCUT2D eigenvalue weighted by Gasteiger charge is -2.13. The Labute approximate surface area is 129 Å². The zero-order valence-electron chi connectivity index (χ0n) is 12.9. The lowest BCUT2D eigenvalue weighted by molar-refractivity contribution is 0.313. The second kappa shape index (κ2) is 6.20. The van der Waals surface area contributed by atoms with Crippen LogP contribution in [0.25, 0.3) is 21.8 Å². The molecule has 0 amide bonds. The van der Waals surface area contributed by atoms with Gasteiger partial charge >= 0.3 is 0 Å². The Kier molecular flexibility index (Phi) is 4.11. The summed E-state index contributed by atoms with van der Waals surface area (Å²) in [6.07, 6.45) is 0.904. The van der Waals surface area contributed by atoms with Crippen LogP contribution in [0.4, 0.5) is 0 Å². The van der Waals surface area contributed by atoms with Gasteiger partial charge < -0.3 is 14.6 Å². The number of hydrogen-bond acceptors (Lipinski definition) is 3. The lowest BCUT2D eigenvalue weighted by atomic mass is 10.1. The third-order valence-corrected chi connectivity index (χ3v) is 3.93. The van der Waals surface area contributed by atoms with Gasteiger partial charge in [-0.15, -0.1) is 0 Å². The Balaban J connectivity index is 2.17. The van der Waals surface area contributed by atoms with Gasteiger partial charge in [0.15, 0.2) is 0 Å². The van der Waals surface area contributed by atoms with Crippen LogP contribution in [-0.2, 0) is 7.05 Å². The van der Waals surface area contributed by atoms with E-state index in [2.05, 4.69) is 5.32 Å². The van der Waals surface area contributed by atoms with Crippen molar-refractivity contribution in [2.24, 2.45) is 7.05 Å². The maximum atomic E-state index is 12.8. The molecule has 0 fully saturated rings. The molecule has 0 saturated carbocycles. The molecule has 0 radical (unpaired) electrons. The molecule has 0 bridgehead atoms. The number of aryl methyl sites for hydroxylation is 1. The molecule has 4 heteroatoms. The van der Waals surface area contributed by atoms with Gasteiger partial charge in [0.1, 0.15) is 5.75 Å². The second-order valence-electron chi connectivity index (χ2n) is 5.36. The molecule has 1 N–H and O–H groups in total.